The number of amides is 2. The number of para-hydroxylation sites is 1. The second-order valence-electron chi connectivity index (χ2n) is 7.29. The van der Waals surface area contributed by atoms with Crippen molar-refractivity contribution >= 4 is 50.8 Å². The molecule has 0 saturated carbocycles. The molecule has 30 heavy (non-hydrogen) atoms. The topological polar surface area (TPSA) is 42.3 Å². The van der Waals surface area contributed by atoms with Gasteiger partial charge in [-0.2, -0.15) is 0 Å². The monoisotopic (exact) mass is 412 g/mol. The van der Waals surface area contributed by atoms with Gasteiger partial charge < -0.3 is 4.57 Å². The molecular weight excluding hydrogens is 392 g/mol. The lowest BCUT2D eigenvalue weighted by Crippen LogP contribution is -2.27. The van der Waals surface area contributed by atoms with Crippen molar-refractivity contribution in [3.8, 4) is 0 Å². The molecule has 0 N–H and O–H groups in total. The first-order valence-corrected chi connectivity index (χ1v) is 10.8. The quantitative estimate of drug-likeness (QED) is 0.383. The van der Waals surface area contributed by atoms with E-state index in [1.54, 1.807) is 0 Å². The Kier molecular flexibility index (Phi) is 4.68. The molecular formula is C25H20N2O2S. The van der Waals surface area contributed by atoms with Gasteiger partial charge in [-0.3, -0.25) is 14.5 Å². The number of rotatable bonds is 4. The van der Waals surface area contributed by atoms with Gasteiger partial charge >= 0.3 is 0 Å². The van der Waals surface area contributed by atoms with Crippen molar-refractivity contribution in [1.29, 1.82) is 0 Å². The highest BCUT2D eigenvalue weighted by Gasteiger charge is 2.34. The molecule has 0 radical (unpaired) electrons. The molecule has 0 spiro atoms. The molecule has 0 unspecified atom stereocenters. The highest BCUT2D eigenvalue weighted by atomic mass is 32.2. The van der Waals surface area contributed by atoms with Crippen LogP contribution < -0.4 is 0 Å². The SMILES string of the molecule is CCn1c2ccccc2c2cc(C=C3SC(=O)N(Cc4ccccc4)C3=O)ccc21. The first kappa shape index (κ1) is 18.7. The van der Waals surface area contributed by atoms with Gasteiger partial charge in [0.05, 0.1) is 11.4 Å². The molecule has 0 atom stereocenters. The number of hydrogen-bond acceptors (Lipinski definition) is 3. The second kappa shape index (κ2) is 7.50. The van der Waals surface area contributed by atoms with Gasteiger partial charge in [-0.1, -0.05) is 54.6 Å². The summed E-state index contributed by atoms with van der Waals surface area (Å²) in [7, 11) is 0. The molecule has 5 rings (SSSR count). The van der Waals surface area contributed by atoms with Crippen molar-refractivity contribution in [3.63, 3.8) is 0 Å². The van der Waals surface area contributed by atoms with E-state index in [1.165, 1.54) is 21.3 Å². The summed E-state index contributed by atoms with van der Waals surface area (Å²) < 4.78 is 2.29. The number of carbonyl (C=O) groups excluding carboxylic acids is 2. The minimum Gasteiger partial charge on any atom is -0.341 e. The van der Waals surface area contributed by atoms with Gasteiger partial charge in [-0.15, -0.1) is 0 Å². The highest BCUT2D eigenvalue weighted by Crippen LogP contribution is 2.35. The molecule has 5 heteroatoms. The zero-order chi connectivity index (χ0) is 20.7. The molecule has 0 aliphatic carbocycles. The second-order valence-corrected chi connectivity index (χ2v) is 8.28. The molecule has 1 aliphatic heterocycles. The number of carbonyl (C=O) groups is 2. The van der Waals surface area contributed by atoms with Crippen molar-refractivity contribution in [1.82, 2.24) is 9.47 Å². The number of aryl methyl sites for hydroxylation is 1. The summed E-state index contributed by atoms with van der Waals surface area (Å²) in [6.07, 6.45) is 1.83. The lowest BCUT2D eigenvalue weighted by atomic mass is 10.1. The van der Waals surface area contributed by atoms with Gasteiger partial charge in [0.1, 0.15) is 0 Å². The molecule has 0 bridgehead atoms. The van der Waals surface area contributed by atoms with Crippen LogP contribution in [0.25, 0.3) is 27.9 Å². The summed E-state index contributed by atoms with van der Waals surface area (Å²) in [5, 5.41) is 2.13. The van der Waals surface area contributed by atoms with E-state index in [9.17, 15) is 9.59 Å². The zero-order valence-electron chi connectivity index (χ0n) is 16.5. The fourth-order valence-electron chi connectivity index (χ4n) is 4.06. The maximum Gasteiger partial charge on any atom is 0.293 e. The fourth-order valence-corrected chi connectivity index (χ4v) is 4.89. The van der Waals surface area contributed by atoms with E-state index in [0.717, 1.165) is 34.8 Å². The normalized spacial score (nSPS) is 15.8. The molecule has 1 aliphatic rings. The average molecular weight is 413 g/mol. The number of benzene rings is 3. The van der Waals surface area contributed by atoms with Crippen molar-refractivity contribution in [3.05, 3.63) is 88.8 Å². The zero-order valence-corrected chi connectivity index (χ0v) is 17.4. The van der Waals surface area contributed by atoms with Crippen LogP contribution in [0.2, 0.25) is 0 Å². The lowest BCUT2D eigenvalue weighted by molar-refractivity contribution is -0.123. The van der Waals surface area contributed by atoms with Crippen LogP contribution in [-0.4, -0.2) is 20.6 Å². The fraction of sp³-hybridized carbons (Fsp3) is 0.120. The molecule has 4 aromatic rings. The molecule has 4 nitrogen and oxygen atoms in total. The molecule has 3 aromatic carbocycles. The van der Waals surface area contributed by atoms with Crippen LogP contribution in [0.15, 0.2) is 77.7 Å². The van der Waals surface area contributed by atoms with Gasteiger partial charge in [-0.25, -0.2) is 0 Å². The van der Waals surface area contributed by atoms with Crippen LogP contribution in [0.4, 0.5) is 4.79 Å². The van der Waals surface area contributed by atoms with Crippen LogP contribution in [0.5, 0.6) is 0 Å². The minimum atomic E-state index is -0.232. The van der Waals surface area contributed by atoms with Crippen molar-refractivity contribution in [2.24, 2.45) is 0 Å². The minimum absolute atomic E-state index is 0.223. The number of nitrogens with zero attached hydrogens (tertiary/aromatic N) is 2. The van der Waals surface area contributed by atoms with E-state index in [0.29, 0.717) is 11.4 Å². The van der Waals surface area contributed by atoms with Crippen molar-refractivity contribution < 1.29 is 9.59 Å². The van der Waals surface area contributed by atoms with Gasteiger partial charge in [0.2, 0.25) is 0 Å². The summed E-state index contributed by atoms with van der Waals surface area (Å²) >= 11 is 1.01. The molecule has 1 fully saturated rings. The highest BCUT2D eigenvalue weighted by molar-refractivity contribution is 8.18. The summed E-state index contributed by atoms with van der Waals surface area (Å²) in [5.74, 6) is -0.232. The Hall–Kier alpha value is -3.31. The van der Waals surface area contributed by atoms with Gasteiger partial charge in [0, 0.05) is 28.4 Å². The summed E-state index contributed by atoms with van der Waals surface area (Å²) in [6, 6.07) is 24.2. The maximum absolute atomic E-state index is 12.9. The van der Waals surface area contributed by atoms with E-state index >= 15 is 0 Å². The Morgan fingerprint density at radius 3 is 2.40 bits per heavy atom. The van der Waals surface area contributed by atoms with Crippen LogP contribution >= 0.6 is 11.8 Å². The van der Waals surface area contributed by atoms with E-state index in [-0.39, 0.29) is 11.1 Å². The van der Waals surface area contributed by atoms with Gasteiger partial charge in [-0.05, 0) is 54.1 Å². The summed E-state index contributed by atoms with van der Waals surface area (Å²) in [5.41, 5.74) is 4.24. The number of aromatic nitrogens is 1. The summed E-state index contributed by atoms with van der Waals surface area (Å²) in [4.78, 5) is 27.1. The molecule has 1 saturated heterocycles. The first-order chi connectivity index (χ1) is 14.7. The van der Waals surface area contributed by atoms with E-state index in [2.05, 4.69) is 41.8 Å². The smallest absolute Gasteiger partial charge is 0.293 e. The maximum atomic E-state index is 12.9. The summed E-state index contributed by atoms with van der Waals surface area (Å²) in [6.45, 7) is 3.33. The third-order valence-electron chi connectivity index (χ3n) is 5.47. The molecule has 2 heterocycles. The first-order valence-electron chi connectivity index (χ1n) is 9.96. The third-order valence-corrected chi connectivity index (χ3v) is 6.37. The Bertz CT molecular complexity index is 1320. The van der Waals surface area contributed by atoms with Crippen LogP contribution in [0, 0.1) is 0 Å². The predicted molar refractivity (Wildman–Crippen MR) is 123 cm³/mol. The lowest BCUT2D eigenvalue weighted by Gasteiger charge is -2.12. The standard InChI is InChI=1S/C25H20N2O2S/c1-2-26-21-11-7-6-10-19(21)20-14-18(12-13-22(20)26)15-23-24(28)27(25(29)30-23)16-17-8-4-3-5-9-17/h3-15H,2,16H2,1H3. The van der Waals surface area contributed by atoms with E-state index < -0.39 is 0 Å². The Labute approximate surface area is 178 Å². The number of hydrogen-bond donors (Lipinski definition) is 0. The van der Waals surface area contributed by atoms with Crippen LogP contribution in [-0.2, 0) is 17.9 Å². The van der Waals surface area contributed by atoms with E-state index in [1.807, 2.05) is 48.5 Å². The molecule has 1 aromatic heterocycles. The van der Waals surface area contributed by atoms with Crippen molar-refractivity contribution in [2.45, 2.75) is 20.0 Å². The number of fused-ring (bicyclic) bond motifs is 3. The Morgan fingerprint density at radius 1 is 0.867 bits per heavy atom. The third kappa shape index (κ3) is 3.12. The van der Waals surface area contributed by atoms with Crippen LogP contribution in [0.3, 0.4) is 0 Å². The number of thioether (sulfide) groups is 1. The van der Waals surface area contributed by atoms with Crippen molar-refractivity contribution in [2.75, 3.05) is 0 Å². The Morgan fingerprint density at radius 2 is 1.60 bits per heavy atom. The van der Waals surface area contributed by atoms with Gasteiger partial charge in [0.25, 0.3) is 11.1 Å². The van der Waals surface area contributed by atoms with Gasteiger partial charge in [0.15, 0.2) is 0 Å². The number of imide groups is 1. The van der Waals surface area contributed by atoms with Crippen LogP contribution in [0.1, 0.15) is 18.1 Å². The molecule has 2 amide bonds. The van der Waals surface area contributed by atoms with E-state index in [4.69, 9.17) is 0 Å². The molecule has 148 valence electrons. The predicted octanol–water partition coefficient (Wildman–Crippen LogP) is 6.05. The average Bonchev–Trinajstić information content (AvgIpc) is 3.23. The largest absolute Gasteiger partial charge is 0.341 e. The Balaban J connectivity index is 1.51.